The zero-order chi connectivity index (χ0) is 18.3. The molecule has 0 spiro atoms. The molecule has 3 aromatic heterocycles. The average molecular weight is 371 g/mol. The maximum atomic E-state index is 13.4. The van der Waals surface area contributed by atoms with Crippen LogP contribution < -0.4 is 0 Å². The van der Waals surface area contributed by atoms with Gasteiger partial charge < -0.3 is 9.32 Å². The Morgan fingerprint density at radius 1 is 1.38 bits per heavy atom. The van der Waals surface area contributed by atoms with E-state index in [1.807, 2.05) is 0 Å². The van der Waals surface area contributed by atoms with Crippen LogP contribution in [0.15, 0.2) is 40.3 Å². The molecule has 4 rings (SSSR count). The summed E-state index contributed by atoms with van der Waals surface area (Å²) in [6.07, 6.45) is 1.73. The first-order chi connectivity index (χ1) is 12.5. The zero-order valence-corrected chi connectivity index (χ0v) is 14.8. The van der Waals surface area contributed by atoms with Crippen molar-refractivity contribution in [1.82, 2.24) is 24.5 Å². The molecular formula is C17H14FN5O2S. The maximum absolute atomic E-state index is 13.4. The summed E-state index contributed by atoms with van der Waals surface area (Å²) in [5.41, 5.74) is 1.74. The van der Waals surface area contributed by atoms with Crippen molar-refractivity contribution < 1.29 is 13.6 Å². The molecule has 1 amide bonds. The predicted molar refractivity (Wildman–Crippen MR) is 93.3 cm³/mol. The van der Waals surface area contributed by atoms with Crippen LogP contribution in [-0.4, -0.2) is 37.4 Å². The Morgan fingerprint density at radius 3 is 2.96 bits per heavy atom. The Morgan fingerprint density at radius 2 is 2.23 bits per heavy atom. The molecule has 0 atom stereocenters. The molecule has 9 heteroatoms. The summed E-state index contributed by atoms with van der Waals surface area (Å²) >= 11 is 1.35. The summed E-state index contributed by atoms with van der Waals surface area (Å²) in [6, 6.07) is 6.20. The van der Waals surface area contributed by atoms with Crippen molar-refractivity contribution in [3.63, 3.8) is 0 Å². The van der Waals surface area contributed by atoms with Crippen molar-refractivity contribution in [3.05, 3.63) is 59.1 Å². The second kappa shape index (κ2) is 6.34. The molecule has 1 aromatic carbocycles. The van der Waals surface area contributed by atoms with Crippen LogP contribution in [-0.2, 0) is 6.54 Å². The Labute approximate surface area is 151 Å². The number of imidazole rings is 1. The zero-order valence-electron chi connectivity index (χ0n) is 14.0. The van der Waals surface area contributed by atoms with Gasteiger partial charge in [0.15, 0.2) is 4.96 Å². The molecule has 132 valence electrons. The summed E-state index contributed by atoms with van der Waals surface area (Å²) in [7, 11) is 1.66. The molecule has 0 saturated heterocycles. The second-order valence-corrected chi connectivity index (χ2v) is 6.62. The Hall–Kier alpha value is -3.07. The number of hydrogen-bond acceptors (Lipinski definition) is 6. The summed E-state index contributed by atoms with van der Waals surface area (Å²) in [5, 5.41) is 9.40. The predicted octanol–water partition coefficient (Wildman–Crippen LogP) is 3.17. The molecule has 0 aliphatic carbocycles. The normalized spacial score (nSPS) is 11.2. The van der Waals surface area contributed by atoms with Crippen molar-refractivity contribution >= 4 is 22.2 Å². The number of benzene rings is 1. The lowest BCUT2D eigenvalue weighted by atomic mass is 10.2. The van der Waals surface area contributed by atoms with Gasteiger partial charge in [-0.15, -0.1) is 21.5 Å². The van der Waals surface area contributed by atoms with Crippen LogP contribution in [0.1, 0.15) is 22.3 Å². The van der Waals surface area contributed by atoms with Gasteiger partial charge in [-0.2, -0.15) is 0 Å². The van der Waals surface area contributed by atoms with Gasteiger partial charge in [-0.05, 0) is 12.1 Å². The van der Waals surface area contributed by atoms with Gasteiger partial charge in [-0.3, -0.25) is 9.20 Å². The van der Waals surface area contributed by atoms with Gasteiger partial charge in [0.2, 0.25) is 11.8 Å². The monoisotopic (exact) mass is 371 g/mol. The van der Waals surface area contributed by atoms with Gasteiger partial charge in [0.05, 0.1) is 12.2 Å². The Balaban J connectivity index is 1.63. The van der Waals surface area contributed by atoms with E-state index in [2.05, 4.69) is 15.2 Å². The van der Waals surface area contributed by atoms with Crippen LogP contribution in [0.25, 0.3) is 16.2 Å². The minimum absolute atomic E-state index is 0.199. The fourth-order valence-corrected chi connectivity index (χ4v) is 3.44. The summed E-state index contributed by atoms with van der Waals surface area (Å²) in [6.45, 7) is 1.91. The van der Waals surface area contributed by atoms with Crippen molar-refractivity contribution in [2.45, 2.75) is 13.5 Å². The number of rotatable bonds is 4. The molecule has 26 heavy (non-hydrogen) atoms. The van der Waals surface area contributed by atoms with Gasteiger partial charge in [-0.1, -0.05) is 12.1 Å². The van der Waals surface area contributed by atoms with Crippen LogP contribution in [0.4, 0.5) is 4.39 Å². The highest BCUT2D eigenvalue weighted by molar-refractivity contribution is 7.15. The van der Waals surface area contributed by atoms with E-state index in [9.17, 15) is 9.18 Å². The highest BCUT2D eigenvalue weighted by Gasteiger charge is 2.20. The van der Waals surface area contributed by atoms with Crippen molar-refractivity contribution in [2.75, 3.05) is 7.05 Å². The molecule has 0 bridgehead atoms. The minimum Gasteiger partial charge on any atom is -0.424 e. The van der Waals surface area contributed by atoms with Crippen LogP contribution >= 0.6 is 11.3 Å². The van der Waals surface area contributed by atoms with Crippen molar-refractivity contribution in [1.29, 1.82) is 0 Å². The molecule has 0 N–H and O–H groups in total. The van der Waals surface area contributed by atoms with Crippen LogP contribution in [0.2, 0.25) is 0 Å². The lowest BCUT2D eigenvalue weighted by molar-refractivity contribution is 0.0766. The minimum atomic E-state index is -0.329. The first kappa shape index (κ1) is 16.4. The number of halogens is 1. The van der Waals surface area contributed by atoms with Crippen molar-refractivity contribution in [2.24, 2.45) is 0 Å². The Bertz CT molecular complexity index is 1100. The standard InChI is InChI=1S/C17H14FN5O2S/c1-10-20-21-15(25-10)8-22(2)16(24)14-9-26-17-19-13(7-23(14)17)11-4-3-5-12(18)6-11/h3-7,9H,8H2,1-2H3. The number of thiazole rings is 1. The van der Waals surface area contributed by atoms with Gasteiger partial charge in [0.25, 0.3) is 5.91 Å². The first-order valence-electron chi connectivity index (χ1n) is 7.78. The fourth-order valence-electron chi connectivity index (χ4n) is 2.60. The molecule has 0 unspecified atom stereocenters. The lowest BCUT2D eigenvalue weighted by Crippen LogP contribution is -2.27. The number of aromatic nitrogens is 4. The van der Waals surface area contributed by atoms with E-state index in [0.717, 1.165) is 0 Å². The van der Waals surface area contributed by atoms with Crippen molar-refractivity contribution in [3.8, 4) is 11.3 Å². The molecule has 0 radical (unpaired) electrons. The number of carbonyl (C=O) groups is 1. The number of aryl methyl sites for hydroxylation is 1. The Kier molecular flexibility index (Phi) is 4.00. The topological polar surface area (TPSA) is 76.5 Å². The molecule has 3 heterocycles. The molecule has 0 fully saturated rings. The van der Waals surface area contributed by atoms with E-state index in [4.69, 9.17) is 4.42 Å². The third-order valence-corrected chi connectivity index (χ3v) is 4.68. The largest absolute Gasteiger partial charge is 0.424 e. The highest BCUT2D eigenvalue weighted by atomic mass is 32.1. The number of nitrogens with zero attached hydrogens (tertiary/aromatic N) is 5. The van der Waals surface area contributed by atoms with Gasteiger partial charge >= 0.3 is 0 Å². The third-order valence-electron chi connectivity index (χ3n) is 3.84. The van der Waals surface area contributed by atoms with E-state index >= 15 is 0 Å². The highest BCUT2D eigenvalue weighted by Crippen LogP contribution is 2.25. The van der Waals surface area contributed by atoms with Crippen LogP contribution in [0.5, 0.6) is 0 Å². The quantitative estimate of drug-likeness (QED) is 0.551. The number of carbonyl (C=O) groups excluding carboxylic acids is 1. The van der Waals surface area contributed by atoms with E-state index in [0.29, 0.717) is 33.7 Å². The fraction of sp³-hybridized carbons (Fsp3) is 0.176. The summed E-state index contributed by atoms with van der Waals surface area (Å²) < 4.78 is 20.5. The SMILES string of the molecule is Cc1nnc(CN(C)C(=O)c2csc3nc(-c4cccc(F)c4)cn23)o1. The number of amides is 1. The number of fused-ring (bicyclic) bond motifs is 1. The van der Waals surface area contributed by atoms with E-state index < -0.39 is 0 Å². The molecule has 0 aliphatic heterocycles. The van der Waals surface area contributed by atoms with Gasteiger partial charge in [0.1, 0.15) is 11.5 Å². The molecule has 4 aromatic rings. The van der Waals surface area contributed by atoms with Gasteiger partial charge in [-0.25, -0.2) is 9.37 Å². The third kappa shape index (κ3) is 2.97. The molecule has 7 nitrogen and oxygen atoms in total. The molecular weight excluding hydrogens is 357 g/mol. The maximum Gasteiger partial charge on any atom is 0.271 e. The second-order valence-electron chi connectivity index (χ2n) is 5.79. The lowest BCUT2D eigenvalue weighted by Gasteiger charge is -2.13. The molecule has 0 saturated carbocycles. The molecule has 0 aliphatic rings. The van der Waals surface area contributed by atoms with E-state index in [-0.39, 0.29) is 18.3 Å². The van der Waals surface area contributed by atoms with Gasteiger partial charge in [0, 0.05) is 31.1 Å². The summed E-state index contributed by atoms with van der Waals surface area (Å²) in [5.74, 6) is 0.295. The smallest absolute Gasteiger partial charge is 0.271 e. The number of hydrogen-bond donors (Lipinski definition) is 0. The van der Waals surface area contributed by atoms with E-state index in [1.54, 1.807) is 42.1 Å². The van der Waals surface area contributed by atoms with E-state index in [1.165, 1.54) is 28.4 Å². The average Bonchev–Trinajstić information content (AvgIpc) is 3.29. The first-order valence-corrected chi connectivity index (χ1v) is 8.66. The van der Waals surface area contributed by atoms with Crippen LogP contribution in [0.3, 0.4) is 0 Å². The van der Waals surface area contributed by atoms with Crippen LogP contribution in [0, 0.1) is 12.7 Å². The summed E-state index contributed by atoms with van der Waals surface area (Å²) in [4.78, 5) is 19.4.